The molecular weight excluding hydrogens is 402 g/mol. The lowest BCUT2D eigenvalue weighted by molar-refractivity contribution is 0.171. The molecule has 0 N–H and O–H groups in total. The number of hydrogen-bond donors (Lipinski definition) is 0. The summed E-state index contributed by atoms with van der Waals surface area (Å²) >= 11 is 6.38. The topological polar surface area (TPSA) is 58.4 Å². The molecule has 4 aromatic rings. The molecule has 5 rings (SSSR count). The van der Waals surface area contributed by atoms with E-state index in [4.69, 9.17) is 35.9 Å². The molecule has 0 amide bonds. The van der Waals surface area contributed by atoms with Crippen LogP contribution >= 0.6 is 11.6 Å². The van der Waals surface area contributed by atoms with Crippen molar-refractivity contribution < 1.29 is 14.2 Å². The van der Waals surface area contributed by atoms with Crippen molar-refractivity contribution in [3.05, 3.63) is 64.3 Å². The standard InChI is InChI=1S/C23H20ClN3O3/c1-13-8-18(16-9-19(28-3)22-20(10-16)29-12-30-22)25-23-21(13)14(2)26-27(23)11-15-6-4-5-7-17(15)24/h4-10H,11-12H2,1-3H3. The molecular formula is C23H20ClN3O3. The Labute approximate surface area is 179 Å². The van der Waals surface area contributed by atoms with Crippen molar-refractivity contribution in [3.63, 3.8) is 0 Å². The number of ether oxygens (including phenoxy) is 3. The van der Waals surface area contributed by atoms with Crippen LogP contribution in [0.1, 0.15) is 16.8 Å². The van der Waals surface area contributed by atoms with Crippen molar-refractivity contribution >= 4 is 22.6 Å². The fourth-order valence-electron chi connectivity index (χ4n) is 3.89. The molecule has 152 valence electrons. The van der Waals surface area contributed by atoms with Gasteiger partial charge in [-0.15, -0.1) is 0 Å². The second kappa shape index (κ2) is 7.22. The largest absolute Gasteiger partial charge is 0.493 e. The SMILES string of the molecule is COc1cc(-c2cc(C)c3c(C)nn(Cc4ccccc4Cl)c3n2)cc2c1OCO2. The Bertz CT molecular complexity index is 1280. The Morgan fingerprint density at radius 2 is 1.97 bits per heavy atom. The second-order valence-electron chi connectivity index (χ2n) is 7.27. The highest BCUT2D eigenvalue weighted by molar-refractivity contribution is 6.31. The van der Waals surface area contributed by atoms with E-state index >= 15 is 0 Å². The van der Waals surface area contributed by atoms with Gasteiger partial charge >= 0.3 is 0 Å². The predicted molar refractivity (Wildman–Crippen MR) is 116 cm³/mol. The highest BCUT2D eigenvalue weighted by atomic mass is 35.5. The minimum Gasteiger partial charge on any atom is -0.493 e. The van der Waals surface area contributed by atoms with Gasteiger partial charge in [-0.25, -0.2) is 9.67 Å². The van der Waals surface area contributed by atoms with Crippen LogP contribution < -0.4 is 14.2 Å². The number of halogens is 1. The van der Waals surface area contributed by atoms with E-state index in [1.165, 1.54) is 0 Å². The first-order valence-electron chi connectivity index (χ1n) is 9.61. The number of aromatic nitrogens is 3. The van der Waals surface area contributed by atoms with Gasteiger partial charge < -0.3 is 14.2 Å². The van der Waals surface area contributed by atoms with Gasteiger partial charge in [0.2, 0.25) is 12.5 Å². The summed E-state index contributed by atoms with van der Waals surface area (Å²) in [5, 5.41) is 6.51. The summed E-state index contributed by atoms with van der Waals surface area (Å²) in [6.07, 6.45) is 0. The van der Waals surface area contributed by atoms with Crippen LogP contribution in [0, 0.1) is 13.8 Å². The second-order valence-corrected chi connectivity index (χ2v) is 7.68. The average molecular weight is 422 g/mol. The zero-order valence-corrected chi connectivity index (χ0v) is 17.7. The summed E-state index contributed by atoms with van der Waals surface area (Å²) in [6, 6.07) is 13.7. The maximum absolute atomic E-state index is 6.38. The summed E-state index contributed by atoms with van der Waals surface area (Å²) < 4.78 is 18.5. The first-order valence-corrected chi connectivity index (χ1v) is 9.99. The van der Waals surface area contributed by atoms with E-state index in [0.717, 1.165) is 39.1 Å². The van der Waals surface area contributed by atoms with Gasteiger partial charge in [0.15, 0.2) is 17.1 Å². The molecule has 0 bridgehead atoms. The smallest absolute Gasteiger partial charge is 0.231 e. The van der Waals surface area contributed by atoms with Crippen LogP contribution in [0.15, 0.2) is 42.5 Å². The van der Waals surface area contributed by atoms with Crippen molar-refractivity contribution in [3.8, 4) is 28.5 Å². The molecule has 1 aliphatic heterocycles. The van der Waals surface area contributed by atoms with Gasteiger partial charge in [-0.2, -0.15) is 5.10 Å². The van der Waals surface area contributed by atoms with Gasteiger partial charge in [0.05, 0.1) is 25.0 Å². The van der Waals surface area contributed by atoms with Gasteiger partial charge in [0.1, 0.15) is 0 Å². The van der Waals surface area contributed by atoms with E-state index in [1.54, 1.807) is 7.11 Å². The number of aryl methyl sites for hydroxylation is 2. The molecule has 0 atom stereocenters. The van der Waals surface area contributed by atoms with Crippen molar-refractivity contribution in [1.82, 2.24) is 14.8 Å². The molecule has 0 saturated carbocycles. The summed E-state index contributed by atoms with van der Waals surface area (Å²) in [6.45, 7) is 4.81. The number of pyridine rings is 1. The zero-order chi connectivity index (χ0) is 20.8. The lowest BCUT2D eigenvalue weighted by Crippen LogP contribution is -2.04. The maximum atomic E-state index is 6.38. The molecule has 2 aromatic heterocycles. The average Bonchev–Trinajstić information content (AvgIpc) is 3.33. The summed E-state index contributed by atoms with van der Waals surface area (Å²) in [7, 11) is 1.62. The molecule has 6 nitrogen and oxygen atoms in total. The maximum Gasteiger partial charge on any atom is 0.231 e. The fourth-order valence-corrected chi connectivity index (χ4v) is 4.09. The highest BCUT2D eigenvalue weighted by Crippen LogP contribution is 2.44. The highest BCUT2D eigenvalue weighted by Gasteiger charge is 2.22. The molecule has 0 aliphatic carbocycles. The molecule has 0 unspecified atom stereocenters. The van der Waals surface area contributed by atoms with Gasteiger partial charge in [0, 0.05) is 16.0 Å². The van der Waals surface area contributed by atoms with Crippen LogP contribution in [0.25, 0.3) is 22.3 Å². The predicted octanol–water partition coefficient (Wildman–Crippen LogP) is 5.15. The Morgan fingerprint density at radius 1 is 1.13 bits per heavy atom. The van der Waals surface area contributed by atoms with Crippen LogP contribution in [0.2, 0.25) is 5.02 Å². The van der Waals surface area contributed by atoms with Crippen LogP contribution in [-0.4, -0.2) is 28.7 Å². The first kappa shape index (κ1) is 18.8. The van der Waals surface area contributed by atoms with Crippen LogP contribution in [0.4, 0.5) is 0 Å². The van der Waals surface area contributed by atoms with E-state index in [-0.39, 0.29) is 6.79 Å². The summed E-state index contributed by atoms with van der Waals surface area (Å²) in [5.74, 6) is 1.91. The summed E-state index contributed by atoms with van der Waals surface area (Å²) in [4.78, 5) is 4.96. The number of hydrogen-bond acceptors (Lipinski definition) is 5. The van der Waals surface area contributed by atoms with Gasteiger partial charge in [0.25, 0.3) is 0 Å². The Kier molecular flexibility index (Phi) is 4.51. The van der Waals surface area contributed by atoms with Crippen LogP contribution in [0.3, 0.4) is 0 Å². The van der Waals surface area contributed by atoms with Crippen LogP contribution in [-0.2, 0) is 6.54 Å². The molecule has 30 heavy (non-hydrogen) atoms. The quantitative estimate of drug-likeness (QED) is 0.456. The van der Waals surface area contributed by atoms with E-state index in [2.05, 4.69) is 13.0 Å². The van der Waals surface area contributed by atoms with Gasteiger partial charge in [-0.1, -0.05) is 29.8 Å². The number of methoxy groups -OCH3 is 1. The fraction of sp³-hybridized carbons (Fsp3) is 0.217. The number of nitrogens with zero attached hydrogens (tertiary/aromatic N) is 3. The molecule has 2 aromatic carbocycles. The molecule has 7 heteroatoms. The molecule has 3 heterocycles. The minimum absolute atomic E-state index is 0.185. The molecule has 0 spiro atoms. The Hall–Kier alpha value is -3.25. The number of rotatable bonds is 4. The zero-order valence-electron chi connectivity index (χ0n) is 16.9. The van der Waals surface area contributed by atoms with Crippen molar-refractivity contribution in [1.29, 1.82) is 0 Å². The number of fused-ring (bicyclic) bond motifs is 2. The monoisotopic (exact) mass is 421 g/mol. The Balaban J connectivity index is 1.66. The van der Waals surface area contributed by atoms with E-state index < -0.39 is 0 Å². The third kappa shape index (κ3) is 3.04. The third-order valence-corrected chi connectivity index (χ3v) is 5.68. The van der Waals surface area contributed by atoms with Crippen LogP contribution in [0.5, 0.6) is 17.2 Å². The normalized spacial score (nSPS) is 12.5. The lowest BCUT2D eigenvalue weighted by Gasteiger charge is -2.10. The van der Waals surface area contributed by atoms with Gasteiger partial charge in [-0.3, -0.25) is 0 Å². The van der Waals surface area contributed by atoms with E-state index in [1.807, 2.05) is 48.0 Å². The molecule has 0 fully saturated rings. The van der Waals surface area contributed by atoms with Crippen molar-refractivity contribution in [2.45, 2.75) is 20.4 Å². The number of benzene rings is 2. The van der Waals surface area contributed by atoms with E-state index in [0.29, 0.717) is 28.8 Å². The molecule has 0 saturated heterocycles. The Morgan fingerprint density at radius 3 is 2.77 bits per heavy atom. The van der Waals surface area contributed by atoms with E-state index in [9.17, 15) is 0 Å². The molecule has 0 radical (unpaired) electrons. The first-order chi connectivity index (χ1) is 14.5. The van der Waals surface area contributed by atoms with Crippen molar-refractivity contribution in [2.24, 2.45) is 0 Å². The lowest BCUT2D eigenvalue weighted by atomic mass is 10.1. The third-order valence-electron chi connectivity index (χ3n) is 5.31. The van der Waals surface area contributed by atoms with Gasteiger partial charge in [-0.05, 0) is 49.2 Å². The minimum atomic E-state index is 0.185. The van der Waals surface area contributed by atoms with Crippen molar-refractivity contribution in [2.75, 3.05) is 13.9 Å². The molecule has 1 aliphatic rings. The summed E-state index contributed by atoms with van der Waals surface area (Å²) in [5.41, 5.74) is 5.57.